The van der Waals surface area contributed by atoms with Crippen LogP contribution in [0.5, 0.6) is 10.9 Å². The maximum Gasteiger partial charge on any atom is 0.279 e. The van der Waals surface area contributed by atoms with Gasteiger partial charge in [-0.2, -0.15) is 0 Å². The Morgan fingerprint density at radius 1 is 1.22 bits per heavy atom. The van der Waals surface area contributed by atoms with Gasteiger partial charge in [0.15, 0.2) is 0 Å². The molecule has 4 aromatic rings. The molecule has 4 heterocycles. The predicted octanol–water partition coefficient (Wildman–Crippen LogP) is 4.12. The van der Waals surface area contributed by atoms with Gasteiger partial charge >= 0.3 is 0 Å². The van der Waals surface area contributed by atoms with Crippen molar-refractivity contribution in [1.29, 1.82) is 0 Å². The third-order valence-corrected chi connectivity index (χ3v) is 6.68. The smallest absolute Gasteiger partial charge is 0.279 e. The number of nitrogens with zero attached hydrogens (tertiary/aromatic N) is 2. The van der Waals surface area contributed by atoms with Crippen LogP contribution in [0.3, 0.4) is 0 Å². The van der Waals surface area contributed by atoms with Gasteiger partial charge in [0.2, 0.25) is 0 Å². The molecule has 2 saturated heterocycles. The zero-order valence-electron chi connectivity index (χ0n) is 14.8. The number of likely N-dealkylation sites (tertiary alicyclic amines) is 1. The fourth-order valence-electron chi connectivity index (χ4n) is 4.41. The van der Waals surface area contributed by atoms with Crippen LogP contribution in [0.2, 0.25) is 0 Å². The van der Waals surface area contributed by atoms with Crippen molar-refractivity contribution in [3.63, 3.8) is 0 Å². The highest BCUT2D eigenvalue weighted by Gasteiger charge is 2.37. The van der Waals surface area contributed by atoms with E-state index in [1.807, 2.05) is 24.3 Å². The molecule has 0 amide bonds. The fraction of sp³-hybridized carbons (Fsp3) is 0.286. The molecular formula is C21H20N4OS. The first kappa shape index (κ1) is 15.6. The van der Waals surface area contributed by atoms with Crippen molar-refractivity contribution in [1.82, 2.24) is 20.2 Å². The minimum atomic E-state index is 0.683. The van der Waals surface area contributed by atoms with Crippen molar-refractivity contribution in [3.8, 4) is 10.9 Å². The van der Waals surface area contributed by atoms with Crippen molar-refractivity contribution in [2.24, 2.45) is 0 Å². The molecule has 0 saturated carbocycles. The Morgan fingerprint density at radius 3 is 3.04 bits per heavy atom. The number of aromatic amines is 1. The van der Waals surface area contributed by atoms with Crippen molar-refractivity contribution in [3.05, 3.63) is 54.2 Å². The van der Waals surface area contributed by atoms with E-state index in [0.717, 1.165) is 41.1 Å². The van der Waals surface area contributed by atoms with Gasteiger partial charge < -0.3 is 15.0 Å². The number of piperazine rings is 1. The molecule has 2 aromatic heterocycles. The summed E-state index contributed by atoms with van der Waals surface area (Å²) in [6.07, 6.45) is 3.44. The first-order valence-electron chi connectivity index (χ1n) is 9.43. The van der Waals surface area contributed by atoms with Gasteiger partial charge in [-0.15, -0.1) is 0 Å². The third-order valence-electron chi connectivity index (χ3n) is 5.76. The largest absolute Gasteiger partial charge is 0.431 e. The molecule has 2 fully saturated rings. The summed E-state index contributed by atoms with van der Waals surface area (Å²) in [6, 6.07) is 15.8. The molecule has 2 bridgehead atoms. The Bertz CT molecular complexity index is 1100. The Hall–Kier alpha value is -2.41. The number of aromatic nitrogens is 2. The molecule has 6 heteroatoms. The first-order chi connectivity index (χ1) is 13.3. The zero-order valence-corrected chi connectivity index (χ0v) is 15.6. The lowest BCUT2D eigenvalue weighted by molar-refractivity contribution is 0.218. The van der Waals surface area contributed by atoms with Crippen LogP contribution in [0.15, 0.2) is 48.7 Å². The number of H-pyrrole nitrogens is 1. The van der Waals surface area contributed by atoms with Gasteiger partial charge in [0.05, 0.1) is 10.2 Å². The molecule has 0 aliphatic carbocycles. The summed E-state index contributed by atoms with van der Waals surface area (Å²) < 4.78 is 7.17. The minimum Gasteiger partial charge on any atom is -0.431 e. The van der Waals surface area contributed by atoms with E-state index in [4.69, 9.17) is 4.74 Å². The molecule has 2 unspecified atom stereocenters. The molecule has 2 atom stereocenters. The molecule has 2 aromatic carbocycles. The number of nitrogens with one attached hydrogen (secondary N) is 2. The lowest BCUT2D eigenvalue weighted by Crippen LogP contribution is -2.42. The summed E-state index contributed by atoms with van der Waals surface area (Å²) in [5, 5.41) is 5.54. The Morgan fingerprint density at radius 2 is 2.19 bits per heavy atom. The summed E-state index contributed by atoms with van der Waals surface area (Å²) in [6.45, 7) is 3.31. The van der Waals surface area contributed by atoms with Crippen LogP contribution < -0.4 is 10.1 Å². The SMILES string of the molecule is c1ccc2sc(Oc3ccc4c(CN5CC6CC5CN6)c[nH]c4c3)nc2c1. The number of hydrogen-bond acceptors (Lipinski definition) is 5. The fourth-order valence-corrected chi connectivity index (χ4v) is 5.25. The van der Waals surface area contributed by atoms with Crippen LogP contribution in [0, 0.1) is 0 Å². The van der Waals surface area contributed by atoms with E-state index >= 15 is 0 Å². The van der Waals surface area contributed by atoms with Crippen LogP contribution in [0.1, 0.15) is 12.0 Å². The highest BCUT2D eigenvalue weighted by molar-refractivity contribution is 7.20. The average Bonchev–Trinajstić information content (AvgIpc) is 3.45. The van der Waals surface area contributed by atoms with Gasteiger partial charge in [-0.25, -0.2) is 4.98 Å². The number of rotatable bonds is 4. The standard InChI is InChI=1S/C21H20N4OS/c1-2-4-20-18(3-1)24-21(27-20)26-16-5-6-17-13(9-23-19(17)8-16)11-25-12-14-7-15(25)10-22-14/h1-6,8-9,14-15,22-23H,7,10-12H2. The van der Waals surface area contributed by atoms with E-state index in [1.165, 1.54) is 17.4 Å². The van der Waals surface area contributed by atoms with Crippen molar-refractivity contribution < 1.29 is 4.74 Å². The molecule has 2 aliphatic rings. The second kappa shape index (κ2) is 6.05. The number of thiazole rings is 1. The molecule has 5 nitrogen and oxygen atoms in total. The third kappa shape index (κ3) is 2.72. The number of benzene rings is 2. The second-order valence-electron chi connectivity index (χ2n) is 7.50. The van der Waals surface area contributed by atoms with E-state index in [-0.39, 0.29) is 0 Å². The van der Waals surface area contributed by atoms with Gasteiger partial charge in [0.1, 0.15) is 5.75 Å². The minimum absolute atomic E-state index is 0.683. The van der Waals surface area contributed by atoms with E-state index in [9.17, 15) is 0 Å². The molecule has 0 spiro atoms. The van der Waals surface area contributed by atoms with Crippen LogP contribution in [0.4, 0.5) is 0 Å². The summed E-state index contributed by atoms with van der Waals surface area (Å²) in [5.74, 6) is 0.819. The van der Waals surface area contributed by atoms with Gasteiger partial charge in [-0.1, -0.05) is 23.5 Å². The van der Waals surface area contributed by atoms with Gasteiger partial charge in [0.25, 0.3) is 5.19 Å². The van der Waals surface area contributed by atoms with Crippen LogP contribution in [-0.4, -0.2) is 40.0 Å². The van der Waals surface area contributed by atoms with E-state index in [1.54, 1.807) is 11.3 Å². The Labute approximate surface area is 161 Å². The Kier molecular flexibility index (Phi) is 3.50. The van der Waals surface area contributed by atoms with Crippen molar-refractivity contribution in [2.75, 3.05) is 13.1 Å². The lowest BCUT2D eigenvalue weighted by atomic mass is 10.1. The van der Waals surface area contributed by atoms with E-state index < -0.39 is 0 Å². The molecule has 6 rings (SSSR count). The first-order valence-corrected chi connectivity index (χ1v) is 10.2. The van der Waals surface area contributed by atoms with Gasteiger partial charge in [0, 0.05) is 54.9 Å². The molecule has 0 radical (unpaired) electrons. The van der Waals surface area contributed by atoms with Crippen LogP contribution >= 0.6 is 11.3 Å². The number of ether oxygens (including phenoxy) is 1. The maximum atomic E-state index is 6.02. The van der Waals surface area contributed by atoms with Crippen molar-refractivity contribution >= 4 is 32.5 Å². The predicted molar refractivity (Wildman–Crippen MR) is 109 cm³/mol. The van der Waals surface area contributed by atoms with Crippen LogP contribution in [-0.2, 0) is 6.54 Å². The number of fused-ring (bicyclic) bond motifs is 4. The monoisotopic (exact) mass is 376 g/mol. The summed E-state index contributed by atoms with van der Waals surface area (Å²) in [5.41, 5.74) is 3.46. The number of para-hydroxylation sites is 1. The normalized spacial score (nSPS) is 22.2. The summed E-state index contributed by atoms with van der Waals surface area (Å²) in [4.78, 5) is 10.6. The Balaban J connectivity index is 1.25. The van der Waals surface area contributed by atoms with Gasteiger partial charge in [-0.3, -0.25) is 4.90 Å². The van der Waals surface area contributed by atoms with Crippen LogP contribution in [0.25, 0.3) is 21.1 Å². The van der Waals surface area contributed by atoms with Gasteiger partial charge in [-0.05, 0) is 36.2 Å². The molecule has 27 heavy (non-hydrogen) atoms. The maximum absolute atomic E-state index is 6.02. The van der Waals surface area contributed by atoms with E-state index in [2.05, 4.69) is 44.6 Å². The quantitative estimate of drug-likeness (QED) is 0.563. The molecule has 136 valence electrons. The topological polar surface area (TPSA) is 53.2 Å². The second-order valence-corrected chi connectivity index (χ2v) is 8.49. The van der Waals surface area contributed by atoms with E-state index in [0.29, 0.717) is 17.3 Å². The number of hydrogen-bond donors (Lipinski definition) is 2. The summed E-state index contributed by atoms with van der Waals surface area (Å²) >= 11 is 1.57. The highest BCUT2D eigenvalue weighted by Crippen LogP contribution is 2.33. The highest BCUT2D eigenvalue weighted by atomic mass is 32.1. The van der Waals surface area contributed by atoms with Crippen molar-refractivity contribution in [2.45, 2.75) is 25.0 Å². The molecular weight excluding hydrogens is 356 g/mol. The molecule has 2 N–H and O–H groups in total. The molecule has 2 aliphatic heterocycles. The lowest BCUT2D eigenvalue weighted by Gasteiger charge is -2.26. The summed E-state index contributed by atoms with van der Waals surface area (Å²) in [7, 11) is 0. The zero-order chi connectivity index (χ0) is 17.8. The average molecular weight is 376 g/mol.